The van der Waals surface area contributed by atoms with Crippen LogP contribution in [0.4, 0.5) is 8.78 Å². The van der Waals surface area contributed by atoms with Crippen molar-refractivity contribution < 1.29 is 13.9 Å². The minimum Gasteiger partial charge on any atom is -0.391 e. The van der Waals surface area contributed by atoms with Crippen LogP contribution in [-0.4, -0.2) is 14.9 Å². The summed E-state index contributed by atoms with van der Waals surface area (Å²) >= 11 is 5.78. The number of aliphatic hydroxyl groups excluding tert-OH is 1. The van der Waals surface area contributed by atoms with Gasteiger partial charge in [-0.1, -0.05) is 11.6 Å². The highest BCUT2D eigenvalue weighted by Gasteiger charge is 2.23. The van der Waals surface area contributed by atoms with Crippen LogP contribution in [0.3, 0.4) is 0 Å². The Hall–Kier alpha value is -0.680. The van der Waals surface area contributed by atoms with E-state index >= 15 is 0 Å². The third kappa shape index (κ3) is 1.88. The first kappa shape index (κ1) is 11.4. The number of hydrogen-bond donors (Lipinski definition) is 1. The van der Waals surface area contributed by atoms with Crippen molar-refractivity contribution in [3.63, 3.8) is 0 Å². The number of aliphatic hydroxyl groups is 1. The average Bonchev–Trinajstić information content (AvgIpc) is 2.42. The summed E-state index contributed by atoms with van der Waals surface area (Å²) in [5.41, 5.74) is -0.429. The molecule has 0 aliphatic heterocycles. The molecular formula is C8H11ClF2N2O. The van der Waals surface area contributed by atoms with Crippen molar-refractivity contribution in [3.05, 3.63) is 16.4 Å². The fraction of sp³-hybridized carbons (Fsp3) is 0.625. The molecule has 1 aromatic heterocycles. The van der Waals surface area contributed by atoms with Crippen molar-refractivity contribution in [2.75, 3.05) is 0 Å². The Kier molecular flexibility index (Phi) is 3.44. The Balaban J connectivity index is 3.24. The molecule has 6 heteroatoms. The molecule has 0 aliphatic carbocycles. The molecule has 3 nitrogen and oxygen atoms in total. The second-order valence-electron chi connectivity index (χ2n) is 3.15. The standard InChI is InChI=1S/C8H11ClF2N2O/c1-4(2)13-7(9)5(3-14)6(12-13)8(10)11/h4,8,14H,3H2,1-2H3. The molecule has 0 spiro atoms. The molecule has 1 aromatic rings. The van der Waals surface area contributed by atoms with E-state index in [9.17, 15) is 8.78 Å². The van der Waals surface area contributed by atoms with Crippen molar-refractivity contribution in [3.8, 4) is 0 Å². The summed E-state index contributed by atoms with van der Waals surface area (Å²) in [6.07, 6.45) is -2.71. The summed E-state index contributed by atoms with van der Waals surface area (Å²) in [6, 6.07) is -0.111. The van der Waals surface area contributed by atoms with Crippen LogP contribution in [-0.2, 0) is 6.61 Å². The van der Waals surface area contributed by atoms with Gasteiger partial charge in [-0.15, -0.1) is 0 Å². The van der Waals surface area contributed by atoms with Gasteiger partial charge >= 0.3 is 0 Å². The van der Waals surface area contributed by atoms with Gasteiger partial charge in [0.1, 0.15) is 10.8 Å². The van der Waals surface area contributed by atoms with Crippen LogP contribution >= 0.6 is 11.6 Å². The molecule has 0 saturated carbocycles. The molecule has 0 amide bonds. The zero-order valence-corrected chi connectivity index (χ0v) is 8.59. The maximum atomic E-state index is 12.4. The summed E-state index contributed by atoms with van der Waals surface area (Å²) in [5, 5.41) is 12.6. The maximum Gasteiger partial charge on any atom is 0.282 e. The highest BCUT2D eigenvalue weighted by Crippen LogP contribution is 2.29. The normalized spacial score (nSPS) is 11.7. The summed E-state index contributed by atoms with van der Waals surface area (Å²) in [4.78, 5) is 0. The highest BCUT2D eigenvalue weighted by atomic mass is 35.5. The van der Waals surface area contributed by atoms with Crippen molar-refractivity contribution >= 4 is 11.6 Å². The Bertz CT molecular complexity index is 325. The van der Waals surface area contributed by atoms with Gasteiger partial charge < -0.3 is 5.11 Å². The SMILES string of the molecule is CC(C)n1nc(C(F)F)c(CO)c1Cl. The van der Waals surface area contributed by atoms with Crippen LogP contribution in [0, 0.1) is 0 Å². The third-order valence-electron chi connectivity index (χ3n) is 1.83. The Morgan fingerprint density at radius 3 is 2.36 bits per heavy atom. The van der Waals surface area contributed by atoms with E-state index in [-0.39, 0.29) is 16.8 Å². The zero-order valence-electron chi connectivity index (χ0n) is 7.84. The number of nitrogens with zero attached hydrogens (tertiary/aromatic N) is 2. The van der Waals surface area contributed by atoms with Crippen LogP contribution in [0.1, 0.15) is 37.6 Å². The number of aromatic nitrogens is 2. The first-order valence-electron chi connectivity index (χ1n) is 4.14. The van der Waals surface area contributed by atoms with Crippen LogP contribution in [0.2, 0.25) is 5.15 Å². The molecule has 14 heavy (non-hydrogen) atoms. The number of alkyl halides is 2. The Morgan fingerprint density at radius 2 is 2.07 bits per heavy atom. The van der Waals surface area contributed by atoms with Gasteiger partial charge in [0.15, 0.2) is 0 Å². The Labute approximate surface area is 85.3 Å². The molecule has 1 heterocycles. The van der Waals surface area contributed by atoms with Gasteiger partial charge in [0.25, 0.3) is 6.43 Å². The number of hydrogen-bond acceptors (Lipinski definition) is 2. The van der Waals surface area contributed by atoms with Crippen molar-refractivity contribution in [1.82, 2.24) is 9.78 Å². The predicted molar refractivity (Wildman–Crippen MR) is 48.5 cm³/mol. The van der Waals surface area contributed by atoms with Gasteiger partial charge in [-0.3, -0.25) is 4.68 Å². The van der Waals surface area contributed by atoms with Crippen LogP contribution in [0.15, 0.2) is 0 Å². The van der Waals surface area contributed by atoms with Gasteiger partial charge in [-0.25, -0.2) is 8.78 Å². The summed E-state index contributed by atoms with van der Waals surface area (Å²) in [7, 11) is 0. The summed E-state index contributed by atoms with van der Waals surface area (Å²) < 4.78 is 26.1. The fourth-order valence-electron chi connectivity index (χ4n) is 1.13. The largest absolute Gasteiger partial charge is 0.391 e. The molecule has 1 N–H and O–H groups in total. The quantitative estimate of drug-likeness (QED) is 0.857. The lowest BCUT2D eigenvalue weighted by atomic mass is 10.2. The van der Waals surface area contributed by atoms with Gasteiger partial charge in [0, 0.05) is 11.6 Å². The first-order chi connectivity index (χ1) is 6.49. The van der Waals surface area contributed by atoms with E-state index in [0.717, 1.165) is 0 Å². The highest BCUT2D eigenvalue weighted by molar-refractivity contribution is 6.30. The summed E-state index contributed by atoms with van der Waals surface area (Å²) in [5.74, 6) is 0. The third-order valence-corrected chi connectivity index (χ3v) is 2.23. The second-order valence-corrected chi connectivity index (χ2v) is 3.51. The molecule has 0 atom stereocenters. The van der Waals surface area contributed by atoms with Crippen molar-refractivity contribution in [2.45, 2.75) is 32.9 Å². The second kappa shape index (κ2) is 4.23. The lowest BCUT2D eigenvalue weighted by molar-refractivity contribution is 0.141. The molecule has 1 rings (SSSR count). The molecule has 0 radical (unpaired) electrons. The van der Waals surface area contributed by atoms with E-state index in [0.29, 0.717) is 0 Å². The van der Waals surface area contributed by atoms with Crippen LogP contribution < -0.4 is 0 Å². The molecule has 0 saturated heterocycles. The molecule has 0 bridgehead atoms. The lowest BCUT2D eigenvalue weighted by Gasteiger charge is -2.05. The van der Waals surface area contributed by atoms with Crippen molar-refractivity contribution in [2.24, 2.45) is 0 Å². The smallest absolute Gasteiger partial charge is 0.282 e. The molecule has 0 aliphatic rings. The van der Waals surface area contributed by atoms with E-state index in [4.69, 9.17) is 16.7 Å². The van der Waals surface area contributed by atoms with E-state index in [1.165, 1.54) is 4.68 Å². The van der Waals surface area contributed by atoms with Crippen LogP contribution in [0.5, 0.6) is 0 Å². The molecule has 0 unspecified atom stereocenters. The van der Waals surface area contributed by atoms with Gasteiger partial charge in [0.2, 0.25) is 0 Å². The molecule has 0 fully saturated rings. The van der Waals surface area contributed by atoms with Crippen LogP contribution in [0.25, 0.3) is 0 Å². The molecule has 80 valence electrons. The minimum atomic E-state index is -2.71. The van der Waals surface area contributed by atoms with Gasteiger partial charge in [-0.05, 0) is 13.8 Å². The molecule has 0 aromatic carbocycles. The first-order valence-corrected chi connectivity index (χ1v) is 4.52. The van der Waals surface area contributed by atoms with E-state index in [1.807, 2.05) is 0 Å². The number of halogens is 3. The predicted octanol–water partition coefficient (Wildman–Crippen LogP) is 2.55. The molecular weight excluding hydrogens is 214 g/mol. The Morgan fingerprint density at radius 1 is 1.50 bits per heavy atom. The monoisotopic (exact) mass is 224 g/mol. The zero-order chi connectivity index (χ0) is 10.9. The van der Waals surface area contributed by atoms with Gasteiger partial charge in [0.05, 0.1) is 6.61 Å². The fourth-order valence-corrected chi connectivity index (χ4v) is 1.52. The van der Waals surface area contributed by atoms with E-state index < -0.39 is 18.7 Å². The maximum absolute atomic E-state index is 12.4. The average molecular weight is 225 g/mol. The van der Waals surface area contributed by atoms with E-state index in [1.54, 1.807) is 13.8 Å². The topological polar surface area (TPSA) is 38.0 Å². The lowest BCUT2D eigenvalue weighted by Crippen LogP contribution is -2.03. The number of rotatable bonds is 3. The van der Waals surface area contributed by atoms with Gasteiger partial charge in [-0.2, -0.15) is 5.10 Å². The minimum absolute atomic E-state index is 0.00960. The van der Waals surface area contributed by atoms with Crippen molar-refractivity contribution in [1.29, 1.82) is 0 Å². The summed E-state index contributed by atoms with van der Waals surface area (Å²) in [6.45, 7) is 3.02. The van der Waals surface area contributed by atoms with E-state index in [2.05, 4.69) is 5.10 Å².